The first-order chi connectivity index (χ1) is 11.6. The Kier molecular flexibility index (Phi) is 3.85. The highest BCUT2D eigenvalue weighted by atomic mass is 32.1. The molecule has 1 amide bonds. The number of hydrogen-bond acceptors (Lipinski definition) is 6. The number of carbonyl (C=O) groups excluding carboxylic acids is 1. The molecule has 0 aromatic carbocycles. The lowest BCUT2D eigenvalue weighted by Gasteiger charge is -2.36. The van der Waals surface area contributed by atoms with Gasteiger partial charge in [0, 0.05) is 36.8 Å². The fraction of sp³-hybridized carbons (Fsp3) is 0.438. The van der Waals surface area contributed by atoms with Gasteiger partial charge in [-0.05, 0) is 25.4 Å². The molecular weight excluding hydrogens is 324 g/mol. The van der Waals surface area contributed by atoms with Crippen molar-refractivity contribution in [2.24, 2.45) is 0 Å². The number of nitrogens with one attached hydrogen (secondary N) is 1. The molecule has 1 unspecified atom stereocenters. The zero-order valence-corrected chi connectivity index (χ0v) is 14.6. The Morgan fingerprint density at radius 1 is 1.33 bits per heavy atom. The van der Waals surface area contributed by atoms with E-state index in [-0.39, 0.29) is 11.9 Å². The van der Waals surface area contributed by atoms with Gasteiger partial charge in [-0.3, -0.25) is 4.79 Å². The summed E-state index contributed by atoms with van der Waals surface area (Å²) >= 11 is 1.64. The molecule has 4 rings (SSSR count). The average Bonchev–Trinajstić information content (AvgIpc) is 3.25. The molecule has 126 valence electrons. The maximum absolute atomic E-state index is 13.3. The fourth-order valence-corrected chi connectivity index (χ4v) is 4.08. The van der Waals surface area contributed by atoms with Crippen molar-refractivity contribution in [3.8, 4) is 0 Å². The van der Waals surface area contributed by atoms with Crippen molar-refractivity contribution in [1.29, 1.82) is 0 Å². The van der Waals surface area contributed by atoms with Gasteiger partial charge in [0.25, 0.3) is 5.91 Å². The molecule has 1 N–H and O–H groups in total. The Bertz CT molecular complexity index is 772. The lowest BCUT2D eigenvalue weighted by molar-refractivity contribution is -0.129. The third-order valence-electron chi connectivity index (χ3n) is 4.63. The highest BCUT2D eigenvalue weighted by Gasteiger charge is 2.36. The molecule has 1 saturated heterocycles. The summed E-state index contributed by atoms with van der Waals surface area (Å²) < 4.78 is 1.81. The number of rotatable bonds is 2. The number of likely N-dealkylation sites (N-methyl/N-ethyl adjacent to an activating group) is 1. The Morgan fingerprint density at radius 3 is 2.83 bits per heavy atom. The molecule has 4 heterocycles. The van der Waals surface area contributed by atoms with Crippen molar-refractivity contribution >= 4 is 23.2 Å². The van der Waals surface area contributed by atoms with Crippen LogP contribution in [0.1, 0.15) is 17.8 Å². The first-order valence-electron chi connectivity index (χ1n) is 8.03. The molecule has 8 heteroatoms. The van der Waals surface area contributed by atoms with E-state index in [1.54, 1.807) is 11.3 Å². The molecule has 0 aliphatic carbocycles. The van der Waals surface area contributed by atoms with E-state index in [9.17, 15) is 4.79 Å². The van der Waals surface area contributed by atoms with E-state index in [0.29, 0.717) is 5.95 Å². The predicted molar refractivity (Wildman–Crippen MR) is 92.9 cm³/mol. The van der Waals surface area contributed by atoms with Crippen LogP contribution in [-0.4, -0.2) is 63.7 Å². The van der Waals surface area contributed by atoms with E-state index in [4.69, 9.17) is 0 Å². The van der Waals surface area contributed by atoms with Crippen LogP contribution in [0.4, 0.5) is 5.95 Å². The smallest absolute Gasteiger partial charge is 0.254 e. The van der Waals surface area contributed by atoms with Gasteiger partial charge in [-0.1, -0.05) is 6.07 Å². The Morgan fingerprint density at radius 2 is 2.12 bits per heavy atom. The second-order valence-corrected chi connectivity index (χ2v) is 7.18. The summed E-state index contributed by atoms with van der Waals surface area (Å²) in [6.45, 7) is 5.27. The van der Waals surface area contributed by atoms with Crippen molar-refractivity contribution in [3.63, 3.8) is 0 Å². The van der Waals surface area contributed by atoms with Crippen molar-refractivity contribution in [2.75, 3.05) is 38.5 Å². The van der Waals surface area contributed by atoms with Gasteiger partial charge in [-0.15, -0.1) is 11.3 Å². The molecule has 1 fully saturated rings. The topological polar surface area (TPSA) is 66.3 Å². The Hall–Kier alpha value is -2.19. The third kappa shape index (κ3) is 2.51. The fourth-order valence-electron chi connectivity index (χ4n) is 3.26. The van der Waals surface area contributed by atoms with Gasteiger partial charge in [-0.25, -0.2) is 4.68 Å². The van der Waals surface area contributed by atoms with Crippen LogP contribution in [0.5, 0.6) is 0 Å². The largest absolute Gasteiger partial charge is 0.336 e. The van der Waals surface area contributed by atoms with E-state index in [1.165, 1.54) is 6.33 Å². The summed E-state index contributed by atoms with van der Waals surface area (Å²) in [6.07, 6.45) is 1.53. The van der Waals surface area contributed by atoms with Crippen LogP contribution in [0.25, 0.3) is 0 Å². The monoisotopic (exact) mass is 344 g/mol. The van der Waals surface area contributed by atoms with Gasteiger partial charge in [0.1, 0.15) is 12.4 Å². The number of piperazine rings is 1. The number of anilines is 1. The van der Waals surface area contributed by atoms with Crippen molar-refractivity contribution in [2.45, 2.75) is 13.0 Å². The molecule has 2 aromatic heterocycles. The number of aromatic nitrogens is 3. The summed E-state index contributed by atoms with van der Waals surface area (Å²) in [6, 6.07) is 3.85. The molecule has 7 nitrogen and oxygen atoms in total. The van der Waals surface area contributed by atoms with E-state index in [2.05, 4.69) is 33.4 Å². The van der Waals surface area contributed by atoms with Gasteiger partial charge in [0.05, 0.1) is 5.57 Å². The Balaban J connectivity index is 1.73. The molecule has 2 aliphatic rings. The van der Waals surface area contributed by atoms with E-state index >= 15 is 0 Å². The highest BCUT2D eigenvalue weighted by Crippen LogP contribution is 2.37. The summed E-state index contributed by atoms with van der Waals surface area (Å²) in [4.78, 5) is 22.8. The number of carbonyl (C=O) groups is 1. The zero-order chi connectivity index (χ0) is 16.7. The van der Waals surface area contributed by atoms with Crippen molar-refractivity contribution in [1.82, 2.24) is 24.6 Å². The first kappa shape index (κ1) is 15.3. The average molecular weight is 344 g/mol. The quantitative estimate of drug-likeness (QED) is 0.892. The van der Waals surface area contributed by atoms with Gasteiger partial charge >= 0.3 is 0 Å². The normalized spacial score (nSPS) is 21.6. The van der Waals surface area contributed by atoms with E-state index < -0.39 is 0 Å². The zero-order valence-electron chi connectivity index (χ0n) is 13.8. The van der Waals surface area contributed by atoms with Gasteiger partial charge < -0.3 is 15.1 Å². The maximum Gasteiger partial charge on any atom is 0.254 e. The summed E-state index contributed by atoms with van der Waals surface area (Å²) in [5.41, 5.74) is 1.62. The van der Waals surface area contributed by atoms with Crippen LogP contribution in [0.2, 0.25) is 0 Å². The van der Waals surface area contributed by atoms with Crippen LogP contribution in [0.3, 0.4) is 0 Å². The summed E-state index contributed by atoms with van der Waals surface area (Å²) in [7, 11) is 2.09. The third-order valence-corrected chi connectivity index (χ3v) is 5.55. The molecule has 1 atom stereocenters. The molecule has 24 heavy (non-hydrogen) atoms. The minimum absolute atomic E-state index is 0.0904. The minimum Gasteiger partial charge on any atom is -0.336 e. The lowest BCUT2D eigenvalue weighted by atomic mass is 10.00. The Labute approximate surface area is 144 Å². The molecule has 2 aromatic rings. The maximum atomic E-state index is 13.3. The summed E-state index contributed by atoms with van der Waals surface area (Å²) in [5, 5.41) is 9.61. The first-order valence-corrected chi connectivity index (χ1v) is 8.91. The number of allylic oxidation sites excluding steroid dienone is 1. The highest BCUT2D eigenvalue weighted by molar-refractivity contribution is 7.10. The molecule has 0 bridgehead atoms. The van der Waals surface area contributed by atoms with Gasteiger partial charge in [-0.2, -0.15) is 10.1 Å². The van der Waals surface area contributed by atoms with Crippen LogP contribution in [0.15, 0.2) is 35.1 Å². The number of thiophene rings is 1. The standard InChI is InChI=1S/C16H20N6OS/c1-11-13(15(23)21-7-5-20(2)6-8-21)14(12-4-3-9-24-12)22-16(19-11)17-10-18-22/h3-4,9-10,14H,5-8H2,1-2H3,(H,17,18,19). The number of amides is 1. The van der Waals surface area contributed by atoms with E-state index in [1.807, 2.05) is 28.0 Å². The molecule has 2 aliphatic heterocycles. The van der Waals surface area contributed by atoms with Crippen molar-refractivity contribution < 1.29 is 4.79 Å². The van der Waals surface area contributed by atoms with Crippen LogP contribution >= 0.6 is 11.3 Å². The van der Waals surface area contributed by atoms with Crippen LogP contribution < -0.4 is 5.32 Å². The van der Waals surface area contributed by atoms with Crippen LogP contribution in [0, 0.1) is 0 Å². The van der Waals surface area contributed by atoms with Gasteiger partial charge in [0.15, 0.2) is 0 Å². The molecule has 0 spiro atoms. The van der Waals surface area contributed by atoms with Crippen molar-refractivity contribution in [3.05, 3.63) is 40.0 Å². The predicted octanol–water partition coefficient (Wildman–Crippen LogP) is 1.40. The number of hydrogen-bond donors (Lipinski definition) is 1. The summed E-state index contributed by atoms with van der Waals surface area (Å²) in [5.74, 6) is 0.772. The molecular formula is C16H20N6OS. The second kappa shape index (κ2) is 6.03. The number of nitrogens with zero attached hydrogens (tertiary/aromatic N) is 5. The number of fused-ring (bicyclic) bond motifs is 1. The van der Waals surface area contributed by atoms with Gasteiger partial charge in [0.2, 0.25) is 5.95 Å². The lowest BCUT2D eigenvalue weighted by Crippen LogP contribution is -2.49. The SMILES string of the molecule is CC1=C(C(=O)N2CCN(C)CC2)C(c2cccs2)n2ncnc2N1. The van der Waals surface area contributed by atoms with E-state index in [0.717, 1.165) is 42.3 Å². The second-order valence-electron chi connectivity index (χ2n) is 6.21. The minimum atomic E-state index is -0.212. The molecule has 0 radical (unpaired) electrons. The molecule has 0 saturated carbocycles. The van der Waals surface area contributed by atoms with Crippen LogP contribution in [-0.2, 0) is 4.79 Å².